The largest absolute Gasteiger partial charge is 0.492 e. The molecule has 5 heterocycles. The van der Waals surface area contributed by atoms with Gasteiger partial charge in [0.25, 0.3) is 0 Å². The number of piperazine rings is 1. The van der Waals surface area contributed by atoms with Gasteiger partial charge >= 0.3 is 6.09 Å². The standard InChI is InChI=1S/C42H51N9O5S/c1-27-39(57-25-47-27)28-11-12-29(21-46-41(52)56-42(2,3)4)34(19-28)44-17-8-18-54-32-15-16-38(45-22-32)51-30-13-14-31(51)24-50(23-30)36-20-35(48-49-40(36)43)33-9-6-7-10-37(33)55-26-53-5/h6-7,9-12,15-16,19-20,22,25,30-31,44H,8,13-14,17-18,21,23-24,26H2,1-5H3,(H2,43,49)(H,46,52). The summed E-state index contributed by atoms with van der Waals surface area (Å²) in [5.74, 6) is 2.76. The number of rotatable bonds is 15. The Morgan fingerprint density at radius 1 is 1.00 bits per heavy atom. The SMILES string of the molecule is COCOc1ccccc1-c1cc(N2CC3CCC(C2)N3c2ccc(OCCCNc3cc(-c4scnc4C)ccc3CNC(=O)OC(C)(C)C)cn2)c(N)nn1. The first-order valence-corrected chi connectivity index (χ1v) is 20.1. The van der Waals surface area contributed by atoms with E-state index in [1.165, 1.54) is 0 Å². The molecule has 14 nitrogen and oxygen atoms in total. The summed E-state index contributed by atoms with van der Waals surface area (Å²) < 4.78 is 22.5. The van der Waals surface area contributed by atoms with Crippen molar-refractivity contribution in [3.05, 3.63) is 83.6 Å². The van der Waals surface area contributed by atoms with Gasteiger partial charge in [0, 0.05) is 56.6 Å². The lowest BCUT2D eigenvalue weighted by Gasteiger charge is -2.43. The number of carbonyl (C=O) groups is 1. The molecule has 0 saturated carbocycles. The molecule has 5 aromatic rings. The number of aryl methyl sites for hydroxylation is 1. The van der Waals surface area contributed by atoms with Crippen LogP contribution in [0.1, 0.15) is 51.3 Å². The first-order chi connectivity index (χ1) is 27.6. The molecule has 2 aromatic carbocycles. The maximum absolute atomic E-state index is 12.4. The highest BCUT2D eigenvalue weighted by atomic mass is 32.1. The van der Waals surface area contributed by atoms with Crippen LogP contribution in [0.2, 0.25) is 0 Å². The topological polar surface area (TPSA) is 162 Å². The van der Waals surface area contributed by atoms with Crippen molar-refractivity contribution >= 4 is 40.4 Å². The fourth-order valence-corrected chi connectivity index (χ4v) is 8.17. The number of anilines is 4. The molecule has 15 heteroatoms. The molecule has 0 aliphatic carbocycles. The maximum Gasteiger partial charge on any atom is 0.407 e. The maximum atomic E-state index is 12.4. The lowest BCUT2D eigenvalue weighted by molar-refractivity contribution is 0.0513. The second-order valence-corrected chi connectivity index (χ2v) is 16.1. The summed E-state index contributed by atoms with van der Waals surface area (Å²) in [5.41, 5.74) is 14.1. The van der Waals surface area contributed by atoms with Crippen LogP contribution in [0.15, 0.2) is 72.4 Å². The van der Waals surface area contributed by atoms with Gasteiger partial charge in [0.05, 0.1) is 40.3 Å². The Hall–Kier alpha value is -5.67. The Labute approximate surface area is 337 Å². The van der Waals surface area contributed by atoms with E-state index in [1.807, 2.05) is 81.9 Å². The number of para-hydroxylation sites is 1. The van der Waals surface area contributed by atoms with Crippen molar-refractivity contribution < 1.29 is 23.7 Å². The molecule has 0 spiro atoms. The lowest BCUT2D eigenvalue weighted by Crippen LogP contribution is -2.54. The Kier molecular flexibility index (Phi) is 12.2. The van der Waals surface area contributed by atoms with Crippen molar-refractivity contribution in [1.29, 1.82) is 0 Å². The van der Waals surface area contributed by atoms with Gasteiger partial charge in [-0.25, -0.2) is 14.8 Å². The number of nitrogens with two attached hydrogens (primary N) is 1. The smallest absolute Gasteiger partial charge is 0.407 e. The lowest BCUT2D eigenvalue weighted by atomic mass is 10.1. The molecule has 2 unspecified atom stereocenters. The summed E-state index contributed by atoms with van der Waals surface area (Å²) >= 11 is 1.61. The summed E-state index contributed by atoms with van der Waals surface area (Å²) in [6.07, 6.45) is 4.26. The average molecular weight is 794 g/mol. The van der Waals surface area contributed by atoms with Crippen LogP contribution in [-0.4, -0.2) is 84.1 Å². The minimum absolute atomic E-state index is 0.140. The molecule has 2 saturated heterocycles. The summed E-state index contributed by atoms with van der Waals surface area (Å²) in [6, 6.07) is 20.6. The fourth-order valence-electron chi connectivity index (χ4n) is 7.37. The first-order valence-electron chi connectivity index (χ1n) is 19.3. The molecule has 2 bridgehead atoms. The molecular formula is C42H51N9O5S. The monoisotopic (exact) mass is 793 g/mol. The van der Waals surface area contributed by atoms with Crippen LogP contribution in [0.5, 0.6) is 11.5 Å². The number of amides is 1. The predicted octanol–water partition coefficient (Wildman–Crippen LogP) is 7.30. The number of nitrogen functional groups attached to an aromatic ring is 1. The van der Waals surface area contributed by atoms with E-state index in [-0.39, 0.29) is 18.9 Å². The van der Waals surface area contributed by atoms with Crippen molar-refractivity contribution in [3.8, 4) is 33.2 Å². The van der Waals surface area contributed by atoms with Gasteiger partial charge in [-0.15, -0.1) is 21.5 Å². The van der Waals surface area contributed by atoms with Crippen molar-refractivity contribution in [2.24, 2.45) is 0 Å². The number of hydrogen-bond donors (Lipinski definition) is 3. The molecule has 2 atom stereocenters. The van der Waals surface area contributed by atoms with E-state index in [1.54, 1.807) is 18.4 Å². The molecule has 2 aliphatic rings. The van der Waals surface area contributed by atoms with Crippen LogP contribution in [-0.2, 0) is 16.0 Å². The average Bonchev–Trinajstić information content (AvgIpc) is 3.74. The highest BCUT2D eigenvalue weighted by molar-refractivity contribution is 7.13. The van der Waals surface area contributed by atoms with E-state index in [0.717, 1.165) is 82.6 Å². The quantitative estimate of drug-likeness (QED) is 0.0716. The zero-order chi connectivity index (χ0) is 39.9. The molecule has 2 aliphatic heterocycles. The zero-order valence-electron chi connectivity index (χ0n) is 33.2. The third-order valence-electron chi connectivity index (χ3n) is 9.95. The minimum atomic E-state index is -0.570. The Morgan fingerprint density at radius 3 is 2.53 bits per heavy atom. The summed E-state index contributed by atoms with van der Waals surface area (Å²) in [5, 5.41) is 15.2. The number of nitrogens with one attached hydrogen (secondary N) is 2. The van der Waals surface area contributed by atoms with Gasteiger partial charge in [-0.1, -0.05) is 24.3 Å². The number of fused-ring (bicyclic) bond motifs is 2. The fraction of sp³-hybridized carbons (Fsp3) is 0.405. The minimum Gasteiger partial charge on any atom is -0.492 e. The van der Waals surface area contributed by atoms with Crippen LogP contribution < -0.4 is 35.6 Å². The zero-order valence-corrected chi connectivity index (χ0v) is 34.0. The second kappa shape index (κ2) is 17.6. The number of alkyl carbamates (subject to hydrolysis) is 1. The van der Waals surface area contributed by atoms with Crippen molar-refractivity contribution in [3.63, 3.8) is 0 Å². The van der Waals surface area contributed by atoms with Gasteiger partial charge in [-0.2, -0.15) is 0 Å². The third-order valence-corrected chi connectivity index (χ3v) is 10.9. The van der Waals surface area contributed by atoms with E-state index >= 15 is 0 Å². The Balaban J connectivity index is 0.935. The first kappa shape index (κ1) is 39.6. The van der Waals surface area contributed by atoms with Gasteiger partial charge < -0.3 is 45.1 Å². The molecule has 3 aromatic heterocycles. The van der Waals surface area contributed by atoms with Gasteiger partial charge in [-0.05, 0) is 94.5 Å². The highest BCUT2D eigenvalue weighted by Gasteiger charge is 2.41. The number of carbonyl (C=O) groups excluding carboxylic acids is 1. The van der Waals surface area contributed by atoms with Crippen LogP contribution in [0.25, 0.3) is 21.7 Å². The molecule has 4 N–H and O–H groups in total. The number of aromatic nitrogens is 4. The highest BCUT2D eigenvalue weighted by Crippen LogP contribution is 2.39. The van der Waals surface area contributed by atoms with Crippen LogP contribution in [0.3, 0.4) is 0 Å². The van der Waals surface area contributed by atoms with E-state index in [2.05, 4.69) is 53.8 Å². The van der Waals surface area contributed by atoms with Crippen molar-refractivity contribution in [1.82, 2.24) is 25.5 Å². The van der Waals surface area contributed by atoms with E-state index in [0.29, 0.717) is 37.0 Å². The number of hydrogen-bond acceptors (Lipinski definition) is 14. The summed E-state index contributed by atoms with van der Waals surface area (Å²) in [4.78, 5) is 27.5. The van der Waals surface area contributed by atoms with E-state index in [4.69, 9.17) is 29.7 Å². The molecular weight excluding hydrogens is 743 g/mol. The number of nitrogens with zero attached hydrogens (tertiary/aromatic N) is 6. The number of benzene rings is 2. The molecule has 2 fully saturated rings. The van der Waals surface area contributed by atoms with Crippen molar-refractivity contribution in [2.75, 3.05) is 61.0 Å². The van der Waals surface area contributed by atoms with Gasteiger partial charge in [-0.3, -0.25) is 0 Å². The van der Waals surface area contributed by atoms with Gasteiger partial charge in [0.15, 0.2) is 12.6 Å². The predicted molar refractivity (Wildman–Crippen MR) is 224 cm³/mol. The Morgan fingerprint density at radius 2 is 1.81 bits per heavy atom. The normalized spacial score (nSPS) is 16.4. The number of thiazole rings is 1. The van der Waals surface area contributed by atoms with Crippen LogP contribution in [0.4, 0.5) is 27.8 Å². The Bertz CT molecular complexity index is 2130. The third kappa shape index (κ3) is 9.66. The van der Waals surface area contributed by atoms with Crippen molar-refractivity contribution in [2.45, 2.75) is 71.2 Å². The number of ether oxygens (including phenoxy) is 4. The van der Waals surface area contributed by atoms with Gasteiger partial charge in [0.1, 0.15) is 22.9 Å². The molecule has 7 rings (SSSR count). The second-order valence-electron chi connectivity index (χ2n) is 15.2. The van der Waals surface area contributed by atoms with Crippen LogP contribution >= 0.6 is 11.3 Å². The van der Waals surface area contributed by atoms with E-state index in [9.17, 15) is 4.79 Å². The van der Waals surface area contributed by atoms with E-state index < -0.39 is 11.7 Å². The van der Waals surface area contributed by atoms with Gasteiger partial charge in [0.2, 0.25) is 0 Å². The summed E-state index contributed by atoms with van der Waals surface area (Å²) in [6.45, 7) is 10.8. The molecule has 0 radical (unpaired) electrons. The van der Waals surface area contributed by atoms with Crippen LogP contribution in [0, 0.1) is 6.92 Å². The molecule has 57 heavy (non-hydrogen) atoms. The number of methoxy groups -OCH3 is 1. The summed E-state index contributed by atoms with van der Waals surface area (Å²) in [7, 11) is 1.59. The number of pyridine rings is 1. The molecule has 300 valence electrons. The molecule has 1 amide bonds.